The van der Waals surface area contributed by atoms with Crippen LogP contribution in [0.1, 0.15) is 39.8 Å². The van der Waals surface area contributed by atoms with Crippen LogP contribution in [0.4, 0.5) is 0 Å². The highest BCUT2D eigenvalue weighted by atomic mass is 14.4. The zero-order valence-electron chi connectivity index (χ0n) is 16.6. The highest BCUT2D eigenvalue weighted by Gasteiger charge is 2.42. The van der Waals surface area contributed by atoms with Crippen LogP contribution in [0.3, 0.4) is 0 Å². The minimum Gasteiger partial charge on any atom is -0.0622 e. The number of hydrogen-bond donors (Lipinski definition) is 0. The van der Waals surface area contributed by atoms with Crippen LogP contribution in [0.15, 0.2) is 97.1 Å². The van der Waals surface area contributed by atoms with Crippen LogP contribution in [0, 0.1) is 0 Å². The normalized spacial score (nSPS) is 16.0. The fourth-order valence-corrected chi connectivity index (χ4v) is 5.65. The van der Waals surface area contributed by atoms with Crippen molar-refractivity contribution >= 4 is 0 Å². The molecule has 0 bridgehead atoms. The average Bonchev–Trinajstić information content (AvgIpc) is 3.26. The molecule has 0 saturated carbocycles. The summed E-state index contributed by atoms with van der Waals surface area (Å²) in [5.74, 6) is 0. The highest BCUT2D eigenvalue weighted by Crippen LogP contribution is 2.51. The number of fused-ring (bicyclic) bond motifs is 4. The zero-order valence-corrected chi connectivity index (χ0v) is 16.6. The summed E-state index contributed by atoms with van der Waals surface area (Å²) < 4.78 is 0. The van der Waals surface area contributed by atoms with Crippen LogP contribution in [0.2, 0.25) is 0 Å². The molecule has 0 heteroatoms. The average molecular weight is 373 g/mol. The van der Waals surface area contributed by atoms with Crippen molar-refractivity contribution in [2.45, 2.75) is 31.1 Å². The molecule has 4 aromatic carbocycles. The Morgan fingerprint density at radius 3 is 1.79 bits per heavy atom. The Kier molecular flexibility index (Phi) is 3.74. The van der Waals surface area contributed by atoms with Crippen molar-refractivity contribution in [2.75, 3.05) is 0 Å². The van der Waals surface area contributed by atoms with Gasteiger partial charge in [-0.25, -0.2) is 0 Å². The molecule has 0 spiro atoms. The maximum absolute atomic E-state index is 2.55. The third kappa shape index (κ3) is 2.45. The molecular weight excluding hydrogens is 348 g/mol. The lowest BCUT2D eigenvalue weighted by atomic mass is 9.60. The van der Waals surface area contributed by atoms with Gasteiger partial charge < -0.3 is 0 Å². The Morgan fingerprint density at radius 1 is 0.517 bits per heavy atom. The lowest BCUT2D eigenvalue weighted by Gasteiger charge is -2.42. The van der Waals surface area contributed by atoms with Gasteiger partial charge in [0.25, 0.3) is 0 Å². The Bertz CT molecular complexity index is 1150. The van der Waals surface area contributed by atoms with E-state index in [1.807, 2.05) is 0 Å². The molecular formula is C29H24. The zero-order chi connectivity index (χ0) is 19.3. The minimum atomic E-state index is -0.149. The molecule has 4 aromatic rings. The second-order valence-corrected chi connectivity index (χ2v) is 8.49. The monoisotopic (exact) mass is 372 g/mol. The molecule has 0 aromatic heterocycles. The van der Waals surface area contributed by atoms with Crippen molar-refractivity contribution < 1.29 is 0 Å². The van der Waals surface area contributed by atoms with Crippen LogP contribution in [-0.4, -0.2) is 0 Å². The Labute approximate surface area is 172 Å². The standard InChI is InChI=1S/C29H24/c1-3-13-24(14-4-1)29(25-15-5-2-6-16-25)20-23-10-7-8-17-26(23)27-18-21-11-9-12-22(21)19-28(27)29/h1-8,10,13-19H,9,11-12,20H2. The summed E-state index contributed by atoms with van der Waals surface area (Å²) in [6, 6.07) is 36.4. The van der Waals surface area contributed by atoms with Gasteiger partial charge >= 0.3 is 0 Å². The lowest BCUT2D eigenvalue weighted by molar-refractivity contribution is 0.605. The molecule has 0 heterocycles. The van der Waals surface area contributed by atoms with Gasteiger partial charge in [0.1, 0.15) is 0 Å². The molecule has 2 aliphatic rings. The minimum absolute atomic E-state index is 0.149. The van der Waals surface area contributed by atoms with Gasteiger partial charge in [-0.3, -0.25) is 0 Å². The largest absolute Gasteiger partial charge is 0.0622 e. The lowest BCUT2D eigenvalue weighted by Crippen LogP contribution is -2.35. The summed E-state index contributed by atoms with van der Waals surface area (Å²) >= 11 is 0. The first kappa shape index (κ1) is 16.8. The van der Waals surface area contributed by atoms with Gasteiger partial charge in [0.2, 0.25) is 0 Å². The SMILES string of the molecule is c1ccc(C2(c3ccccc3)Cc3ccccc3-c3cc4c(cc32)CCC4)cc1. The van der Waals surface area contributed by atoms with Gasteiger partial charge in [-0.15, -0.1) is 0 Å². The summed E-state index contributed by atoms with van der Waals surface area (Å²) in [5, 5.41) is 0. The molecule has 0 unspecified atom stereocenters. The van der Waals surface area contributed by atoms with Crippen molar-refractivity contribution in [3.05, 3.63) is 130 Å². The molecule has 0 saturated heterocycles. The van der Waals surface area contributed by atoms with Crippen LogP contribution in [-0.2, 0) is 24.7 Å². The number of aryl methyl sites for hydroxylation is 2. The van der Waals surface area contributed by atoms with Crippen LogP contribution in [0.5, 0.6) is 0 Å². The quantitative estimate of drug-likeness (QED) is 0.366. The molecule has 0 N–H and O–H groups in total. The van der Waals surface area contributed by atoms with Gasteiger partial charge in [0.15, 0.2) is 0 Å². The maximum atomic E-state index is 2.55. The van der Waals surface area contributed by atoms with Gasteiger partial charge in [-0.2, -0.15) is 0 Å². The van der Waals surface area contributed by atoms with Crippen molar-refractivity contribution in [1.29, 1.82) is 0 Å². The van der Waals surface area contributed by atoms with Gasteiger partial charge in [-0.05, 0) is 70.2 Å². The molecule has 0 radical (unpaired) electrons. The molecule has 0 atom stereocenters. The van der Waals surface area contributed by atoms with E-state index in [0.717, 1.165) is 6.42 Å². The van der Waals surface area contributed by atoms with E-state index >= 15 is 0 Å². The highest BCUT2D eigenvalue weighted by molar-refractivity contribution is 5.80. The summed E-state index contributed by atoms with van der Waals surface area (Å²) in [5.41, 5.74) is 11.5. The Hall–Kier alpha value is -3.12. The predicted molar refractivity (Wildman–Crippen MR) is 120 cm³/mol. The molecule has 0 aliphatic heterocycles. The van der Waals surface area contributed by atoms with Gasteiger partial charge in [-0.1, -0.05) is 97.1 Å². The van der Waals surface area contributed by atoms with E-state index in [4.69, 9.17) is 0 Å². The van der Waals surface area contributed by atoms with Crippen molar-refractivity contribution in [3.8, 4) is 11.1 Å². The fraction of sp³-hybridized carbons (Fsp3) is 0.172. The van der Waals surface area contributed by atoms with E-state index in [9.17, 15) is 0 Å². The van der Waals surface area contributed by atoms with Gasteiger partial charge in [0.05, 0.1) is 0 Å². The van der Waals surface area contributed by atoms with E-state index in [1.54, 1.807) is 11.1 Å². The summed E-state index contributed by atoms with van der Waals surface area (Å²) in [6.45, 7) is 0. The third-order valence-corrected chi connectivity index (χ3v) is 6.99. The Morgan fingerprint density at radius 2 is 1.10 bits per heavy atom. The first-order valence-electron chi connectivity index (χ1n) is 10.7. The summed E-state index contributed by atoms with van der Waals surface area (Å²) in [6.07, 6.45) is 4.71. The molecule has 0 fully saturated rings. The first-order chi connectivity index (χ1) is 14.4. The number of rotatable bonds is 2. The topological polar surface area (TPSA) is 0 Å². The molecule has 0 nitrogen and oxygen atoms in total. The number of hydrogen-bond acceptors (Lipinski definition) is 0. The van der Waals surface area contributed by atoms with E-state index in [-0.39, 0.29) is 5.41 Å². The second-order valence-electron chi connectivity index (χ2n) is 8.49. The molecule has 140 valence electrons. The molecule has 6 rings (SSSR count). The maximum Gasteiger partial charge on any atom is 0.0497 e. The summed E-state index contributed by atoms with van der Waals surface area (Å²) in [4.78, 5) is 0. The Balaban J connectivity index is 1.74. The van der Waals surface area contributed by atoms with E-state index in [2.05, 4.69) is 97.1 Å². The number of benzene rings is 4. The van der Waals surface area contributed by atoms with Crippen molar-refractivity contribution in [2.24, 2.45) is 0 Å². The first-order valence-corrected chi connectivity index (χ1v) is 10.7. The molecule has 29 heavy (non-hydrogen) atoms. The van der Waals surface area contributed by atoms with Crippen LogP contribution < -0.4 is 0 Å². The van der Waals surface area contributed by atoms with E-state index in [0.29, 0.717) is 0 Å². The predicted octanol–water partition coefficient (Wildman–Crippen LogP) is 6.73. The van der Waals surface area contributed by atoms with Crippen molar-refractivity contribution in [3.63, 3.8) is 0 Å². The summed E-state index contributed by atoms with van der Waals surface area (Å²) in [7, 11) is 0. The van der Waals surface area contributed by atoms with Crippen LogP contribution in [0.25, 0.3) is 11.1 Å². The van der Waals surface area contributed by atoms with Gasteiger partial charge in [0, 0.05) is 5.41 Å². The van der Waals surface area contributed by atoms with E-state index < -0.39 is 0 Å². The second kappa shape index (κ2) is 6.46. The van der Waals surface area contributed by atoms with Crippen molar-refractivity contribution in [1.82, 2.24) is 0 Å². The van der Waals surface area contributed by atoms with E-state index in [1.165, 1.54) is 52.6 Å². The van der Waals surface area contributed by atoms with Crippen LogP contribution >= 0.6 is 0 Å². The fourth-order valence-electron chi connectivity index (χ4n) is 5.65. The molecule has 0 amide bonds. The third-order valence-electron chi connectivity index (χ3n) is 6.99. The molecule has 2 aliphatic carbocycles. The smallest absolute Gasteiger partial charge is 0.0497 e.